The van der Waals surface area contributed by atoms with Gasteiger partial charge in [-0.3, -0.25) is 27.9 Å². The van der Waals surface area contributed by atoms with E-state index in [2.05, 4.69) is 152 Å². The molecule has 0 aliphatic rings. The Morgan fingerprint density at radius 2 is 0.566 bits per heavy atom. The van der Waals surface area contributed by atoms with Crippen LogP contribution >= 0.6 is 15.6 Å². The van der Waals surface area contributed by atoms with E-state index in [1.54, 1.807) is 28.4 Å². The Morgan fingerprint density at radius 3 is 0.858 bits per heavy atom. The van der Waals surface area contributed by atoms with Gasteiger partial charge in [0.15, 0.2) is 23.0 Å². The summed E-state index contributed by atoms with van der Waals surface area (Å²) in [6, 6.07) is 66.5. The standard InChI is InChI=1S/2C40H36N3O3.2F6P/c2*1-5-22-41-28-18-12-19-29-34(28)38(35-30(41)20-13-21-33(35)45-3)36-31(42(29)23-6-2)24-32-37(40(36)46-4)39(44)26-16-10-11-17-27(26)43(32)25-14-8-7-9-15-25;2*1-7(2,3,4,5)6/h2*7-21,24H,5-6,22-23H2,1-4H3;;/q2*+1;2*-1. The fourth-order valence-electron chi connectivity index (χ4n) is 15.3. The molecule has 12 nitrogen and oxygen atoms in total. The van der Waals surface area contributed by atoms with Crippen LogP contribution in [0.2, 0.25) is 0 Å². The second-order valence-corrected chi connectivity index (χ2v) is 29.6. The number of hydrogen-bond donors (Lipinski definition) is 0. The van der Waals surface area contributed by atoms with Gasteiger partial charge in [0, 0.05) is 72.6 Å². The molecule has 26 heteroatoms. The minimum absolute atomic E-state index is 0.0391. The minimum atomic E-state index is -10.7. The second-order valence-electron chi connectivity index (χ2n) is 25.8. The molecule has 0 saturated carbocycles. The summed E-state index contributed by atoms with van der Waals surface area (Å²) in [6.45, 7) is 12.2. The fourth-order valence-corrected chi connectivity index (χ4v) is 15.3. The summed E-state index contributed by atoms with van der Waals surface area (Å²) in [4.78, 5) is 29.2. The molecule has 106 heavy (non-hydrogen) atoms. The van der Waals surface area contributed by atoms with Crippen LogP contribution in [0.25, 0.3) is 142 Å². The molecule has 0 fully saturated rings. The van der Waals surface area contributed by atoms with E-state index < -0.39 is 15.6 Å². The van der Waals surface area contributed by atoms with E-state index in [0.717, 1.165) is 184 Å². The molecule has 0 spiro atoms. The van der Waals surface area contributed by atoms with E-state index in [4.69, 9.17) is 18.9 Å². The molecule has 0 radical (unpaired) electrons. The number of methoxy groups -OCH3 is 4. The summed E-state index contributed by atoms with van der Waals surface area (Å²) in [6.07, 6.45) is 3.87. The van der Waals surface area contributed by atoms with Gasteiger partial charge in [-0.25, -0.2) is 0 Å². The van der Waals surface area contributed by atoms with E-state index in [-0.39, 0.29) is 10.9 Å². The molecule has 552 valence electrons. The molecule has 6 aromatic heterocycles. The maximum atomic E-state index is 14.6. The molecular weight excluding hydrogens is 1430 g/mol. The van der Waals surface area contributed by atoms with Crippen molar-refractivity contribution in [1.29, 1.82) is 0 Å². The number of nitrogens with zero attached hydrogens (tertiary/aromatic N) is 6. The zero-order valence-electron chi connectivity index (χ0n) is 58.7. The summed E-state index contributed by atoms with van der Waals surface area (Å²) in [5, 5.41) is 10.7. The first-order valence-corrected chi connectivity index (χ1v) is 38.3. The van der Waals surface area contributed by atoms with E-state index >= 15 is 0 Å². The molecule has 0 aliphatic heterocycles. The van der Waals surface area contributed by atoms with Gasteiger partial charge in [-0.2, -0.15) is 0 Å². The average molecular weight is 1500 g/mol. The summed E-state index contributed by atoms with van der Waals surface area (Å²) in [5.74, 6) is 2.77. The quantitative estimate of drug-likeness (QED) is 0.0353. The number of aromatic nitrogens is 6. The third-order valence-corrected chi connectivity index (χ3v) is 18.7. The fraction of sp³-hybridized carbons (Fsp3) is 0.200. The van der Waals surface area contributed by atoms with E-state index in [1.165, 1.54) is 0 Å². The molecule has 16 rings (SSSR count). The van der Waals surface area contributed by atoms with Gasteiger partial charge in [-0.1, -0.05) is 88.4 Å². The molecule has 16 aromatic rings. The summed E-state index contributed by atoms with van der Waals surface area (Å²) >= 11 is 0. The number of halogens is 12. The van der Waals surface area contributed by atoms with Crippen molar-refractivity contribution in [2.45, 2.75) is 79.6 Å². The molecule has 6 heterocycles. The monoisotopic (exact) mass is 1500 g/mol. The van der Waals surface area contributed by atoms with E-state index in [9.17, 15) is 60.0 Å². The SMILES string of the molecule is CCCn1c2cccc(OC)c2[c+]2c3c(OC)c4c(=O)c5ccccc5n(-c5ccccc5)c4cc3n(CCC)c3cccc1c32.CCCn1c2cccc(OC)c2[c+]2c3c(OC)c4c(=O)c5ccccc5n(-c5ccccc5)c4cc3n(CCC)c3cccc1c32.F[P-](F)(F)(F)(F)F.F[P-](F)(F)(F)(F)F. The first kappa shape index (κ1) is 73.6. The van der Waals surface area contributed by atoms with Crippen molar-refractivity contribution in [3.8, 4) is 34.4 Å². The molecule has 0 atom stereocenters. The number of hydrogen-bond acceptors (Lipinski definition) is 6. The molecule has 0 aliphatic carbocycles. The Labute approximate surface area is 597 Å². The van der Waals surface area contributed by atoms with Crippen molar-refractivity contribution in [1.82, 2.24) is 27.4 Å². The zero-order chi connectivity index (χ0) is 75.9. The van der Waals surface area contributed by atoms with Crippen LogP contribution < -0.4 is 29.8 Å². The average Bonchev–Trinajstić information content (AvgIpc) is 0.693. The summed E-state index contributed by atoms with van der Waals surface area (Å²) in [7, 11) is -14.5. The Bertz CT molecular complexity index is 5970. The van der Waals surface area contributed by atoms with Crippen LogP contribution in [-0.2, 0) is 26.2 Å². The van der Waals surface area contributed by atoms with E-state index in [0.29, 0.717) is 33.0 Å². The third kappa shape index (κ3) is 13.9. The Kier molecular flexibility index (Phi) is 18.1. The van der Waals surface area contributed by atoms with Crippen molar-refractivity contribution in [3.05, 3.63) is 215 Å². The van der Waals surface area contributed by atoms with Crippen molar-refractivity contribution in [2.75, 3.05) is 28.4 Å². The van der Waals surface area contributed by atoms with Gasteiger partial charge in [0.2, 0.25) is 10.9 Å². The normalized spacial score (nSPS) is 13.4. The topological polar surface area (TPSA) is 101 Å². The molecule has 0 saturated heterocycles. The number of ether oxygens (including phenoxy) is 4. The first-order chi connectivity index (χ1) is 50.1. The molecule has 0 amide bonds. The van der Waals surface area contributed by atoms with Crippen LogP contribution in [0.3, 0.4) is 0 Å². The molecule has 0 bridgehead atoms. The number of pyridine rings is 6. The zero-order valence-corrected chi connectivity index (χ0v) is 60.5. The molecular formula is C80H72F12N6O6P2. The molecule has 0 unspecified atom stereocenters. The van der Waals surface area contributed by atoms with Crippen molar-refractivity contribution >= 4 is 146 Å². The van der Waals surface area contributed by atoms with Gasteiger partial charge in [0.1, 0.15) is 87.2 Å². The number of rotatable bonds is 14. The number of benzene rings is 10. The van der Waals surface area contributed by atoms with Gasteiger partial charge in [-0.05, 0) is 135 Å². The number of aryl methyl sites for hydroxylation is 4. The van der Waals surface area contributed by atoms with Crippen molar-refractivity contribution in [3.63, 3.8) is 0 Å². The predicted octanol–water partition coefficient (Wildman–Crippen LogP) is 25.7. The van der Waals surface area contributed by atoms with Gasteiger partial charge in [-0.15, -0.1) is 0 Å². The van der Waals surface area contributed by atoms with Gasteiger partial charge in [0.25, 0.3) is 0 Å². The number of para-hydroxylation sites is 4. The van der Waals surface area contributed by atoms with Crippen LogP contribution in [0.5, 0.6) is 23.0 Å². The van der Waals surface area contributed by atoms with E-state index in [1.807, 2.05) is 97.1 Å². The summed E-state index contributed by atoms with van der Waals surface area (Å²) < 4.78 is 158. The number of fused-ring (bicyclic) bond motifs is 12. The van der Waals surface area contributed by atoms with Crippen LogP contribution in [0.15, 0.2) is 204 Å². The second kappa shape index (κ2) is 26.1. The summed E-state index contributed by atoms with van der Waals surface area (Å²) in [5.41, 5.74) is 14.1. The predicted molar refractivity (Wildman–Crippen MR) is 409 cm³/mol. The Balaban J connectivity index is 0.000000159. The Hall–Kier alpha value is -10.7. The molecule has 0 N–H and O–H groups in total. The van der Waals surface area contributed by atoms with Crippen LogP contribution in [0, 0.1) is 0 Å². The van der Waals surface area contributed by atoms with Gasteiger partial charge < -0.3 is 28.1 Å². The van der Waals surface area contributed by atoms with Crippen LogP contribution in [0.4, 0.5) is 50.4 Å². The van der Waals surface area contributed by atoms with Crippen molar-refractivity contribution in [2.24, 2.45) is 0 Å². The van der Waals surface area contributed by atoms with Gasteiger partial charge >= 0.3 is 66.0 Å². The molecule has 10 aromatic carbocycles. The third-order valence-electron chi connectivity index (χ3n) is 18.7. The first-order valence-electron chi connectivity index (χ1n) is 34.2. The van der Waals surface area contributed by atoms with Crippen LogP contribution in [0.1, 0.15) is 53.4 Å². The maximum absolute atomic E-state index is 14.6. The Morgan fingerprint density at radius 1 is 0.302 bits per heavy atom. The van der Waals surface area contributed by atoms with Crippen LogP contribution in [-0.4, -0.2) is 55.8 Å². The van der Waals surface area contributed by atoms with Crippen molar-refractivity contribution < 1.29 is 69.3 Å². The van der Waals surface area contributed by atoms with Gasteiger partial charge in [0.05, 0.1) is 61.3 Å².